The van der Waals surface area contributed by atoms with Crippen LogP contribution in [0.4, 0.5) is 0 Å². The summed E-state index contributed by atoms with van der Waals surface area (Å²) in [6.07, 6.45) is 5.21. The average molecular weight is 406 g/mol. The smallest absolute Gasteiger partial charge is 0.274 e. The molecule has 1 aliphatic rings. The molecule has 0 saturated carbocycles. The molecule has 1 N–H and O–H groups in total. The van der Waals surface area contributed by atoms with E-state index < -0.39 is 0 Å². The number of benzene rings is 1. The van der Waals surface area contributed by atoms with Gasteiger partial charge in [-0.2, -0.15) is 0 Å². The Morgan fingerprint density at radius 3 is 2.70 bits per heavy atom. The van der Waals surface area contributed by atoms with Crippen LogP contribution in [0.5, 0.6) is 0 Å². The third kappa shape index (κ3) is 3.80. The number of nitrogens with zero attached hydrogens (tertiary/aromatic N) is 4. The van der Waals surface area contributed by atoms with Gasteiger partial charge in [0, 0.05) is 43.7 Å². The van der Waals surface area contributed by atoms with E-state index in [1.54, 1.807) is 31.3 Å². The van der Waals surface area contributed by atoms with Crippen LogP contribution in [0.2, 0.25) is 0 Å². The SMILES string of the molecule is Cc1cc(-c2nc(C(=O)N3CCCC3CO)cn2Cc2ccccc2)cn(C)c1=O. The van der Waals surface area contributed by atoms with Gasteiger partial charge < -0.3 is 19.1 Å². The molecule has 7 nitrogen and oxygen atoms in total. The maximum Gasteiger partial charge on any atom is 0.274 e. The molecule has 1 aromatic carbocycles. The fraction of sp³-hybridized carbons (Fsp3) is 0.348. The first-order valence-corrected chi connectivity index (χ1v) is 10.2. The molecule has 0 bridgehead atoms. The number of hydrogen-bond acceptors (Lipinski definition) is 4. The minimum absolute atomic E-state index is 0.0384. The zero-order valence-corrected chi connectivity index (χ0v) is 17.3. The number of aliphatic hydroxyl groups excluding tert-OH is 1. The van der Waals surface area contributed by atoms with Crippen molar-refractivity contribution in [1.82, 2.24) is 19.0 Å². The quantitative estimate of drug-likeness (QED) is 0.704. The van der Waals surface area contributed by atoms with Crippen LogP contribution in [0.15, 0.2) is 53.6 Å². The number of likely N-dealkylation sites (tertiary alicyclic amines) is 1. The maximum atomic E-state index is 13.1. The largest absolute Gasteiger partial charge is 0.394 e. The topological polar surface area (TPSA) is 80.4 Å². The molecule has 1 atom stereocenters. The highest BCUT2D eigenvalue weighted by molar-refractivity contribution is 5.93. The van der Waals surface area contributed by atoms with Crippen LogP contribution in [0.25, 0.3) is 11.4 Å². The number of aromatic nitrogens is 3. The highest BCUT2D eigenvalue weighted by atomic mass is 16.3. The molecular weight excluding hydrogens is 380 g/mol. The fourth-order valence-corrected chi connectivity index (χ4v) is 4.09. The standard InChI is InChI=1S/C23H26N4O3/c1-16-11-18(13-25(2)22(16)29)21-24-20(23(30)27-10-6-9-19(27)15-28)14-26(21)12-17-7-4-3-5-8-17/h3-5,7-8,11,13-14,19,28H,6,9-10,12,15H2,1-2H3. The Bertz CT molecular complexity index is 1090. The lowest BCUT2D eigenvalue weighted by atomic mass is 10.2. The van der Waals surface area contributed by atoms with Crippen LogP contribution >= 0.6 is 0 Å². The van der Waals surface area contributed by atoms with Gasteiger partial charge in [0.15, 0.2) is 0 Å². The van der Waals surface area contributed by atoms with Crippen molar-refractivity contribution in [2.24, 2.45) is 7.05 Å². The second kappa shape index (κ2) is 8.28. The lowest BCUT2D eigenvalue weighted by Crippen LogP contribution is -2.37. The molecule has 4 rings (SSSR count). The summed E-state index contributed by atoms with van der Waals surface area (Å²) in [5, 5.41) is 9.60. The fourth-order valence-electron chi connectivity index (χ4n) is 4.09. The van der Waals surface area contributed by atoms with Gasteiger partial charge in [-0.15, -0.1) is 0 Å². The number of amides is 1. The molecule has 1 aliphatic heterocycles. The van der Waals surface area contributed by atoms with E-state index in [0.29, 0.717) is 30.2 Å². The molecule has 156 valence electrons. The van der Waals surface area contributed by atoms with E-state index in [0.717, 1.165) is 24.0 Å². The van der Waals surface area contributed by atoms with E-state index in [1.807, 2.05) is 41.0 Å². The van der Waals surface area contributed by atoms with Gasteiger partial charge in [-0.3, -0.25) is 9.59 Å². The van der Waals surface area contributed by atoms with Crippen LogP contribution in [0, 0.1) is 6.92 Å². The minimum Gasteiger partial charge on any atom is -0.394 e. The Hall–Kier alpha value is -3.19. The van der Waals surface area contributed by atoms with Gasteiger partial charge in [-0.25, -0.2) is 4.98 Å². The molecule has 3 heterocycles. The Morgan fingerprint density at radius 2 is 2.00 bits per heavy atom. The van der Waals surface area contributed by atoms with Crippen molar-refractivity contribution >= 4 is 5.91 Å². The highest BCUT2D eigenvalue weighted by Gasteiger charge is 2.30. The van der Waals surface area contributed by atoms with Crippen molar-refractivity contribution in [2.45, 2.75) is 32.4 Å². The van der Waals surface area contributed by atoms with E-state index >= 15 is 0 Å². The molecule has 1 unspecified atom stereocenters. The molecule has 0 aliphatic carbocycles. The van der Waals surface area contributed by atoms with Crippen molar-refractivity contribution < 1.29 is 9.90 Å². The Labute approximate surface area is 175 Å². The molecule has 1 fully saturated rings. The first kappa shape index (κ1) is 20.1. The van der Waals surface area contributed by atoms with Crippen LogP contribution in [0.3, 0.4) is 0 Å². The highest BCUT2D eigenvalue weighted by Crippen LogP contribution is 2.24. The van der Waals surface area contributed by atoms with Crippen LogP contribution in [-0.4, -0.2) is 49.2 Å². The third-order valence-electron chi connectivity index (χ3n) is 5.66. The van der Waals surface area contributed by atoms with E-state index in [4.69, 9.17) is 0 Å². The molecular formula is C23H26N4O3. The monoisotopic (exact) mass is 406 g/mol. The molecule has 7 heteroatoms. The second-order valence-corrected chi connectivity index (χ2v) is 7.87. The first-order valence-electron chi connectivity index (χ1n) is 10.2. The van der Waals surface area contributed by atoms with Crippen molar-refractivity contribution in [2.75, 3.05) is 13.2 Å². The Morgan fingerprint density at radius 1 is 1.23 bits per heavy atom. The molecule has 0 radical (unpaired) electrons. The zero-order valence-electron chi connectivity index (χ0n) is 17.3. The predicted octanol–water partition coefficient (Wildman–Crippen LogP) is 2.20. The zero-order chi connectivity index (χ0) is 21.3. The summed E-state index contributed by atoms with van der Waals surface area (Å²) in [4.78, 5) is 31.7. The summed E-state index contributed by atoms with van der Waals surface area (Å²) < 4.78 is 3.49. The molecule has 3 aromatic rings. The van der Waals surface area contributed by atoms with Crippen molar-refractivity contribution in [1.29, 1.82) is 0 Å². The summed E-state index contributed by atoms with van der Waals surface area (Å²) in [7, 11) is 1.71. The van der Waals surface area contributed by atoms with Crippen LogP contribution in [0.1, 0.15) is 34.5 Å². The summed E-state index contributed by atoms with van der Waals surface area (Å²) >= 11 is 0. The maximum absolute atomic E-state index is 13.1. The van der Waals surface area contributed by atoms with E-state index in [-0.39, 0.29) is 24.1 Å². The normalized spacial score (nSPS) is 16.2. The van der Waals surface area contributed by atoms with Gasteiger partial charge in [0.2, 0.25) is 0 Å². The van der Waals surface area contributed by atoms with E-state index in [2.05, 4.69) is 4.98 Å². The lowest BCUT2D eigenvalue weighted by Gasteiger charge is -2.21. The number of aliphatic hydroxyl groups is 1. The van der Waals surface area contributed by atoms with Gasteiger partial charge in [-0.05, 0) is 31.4 Å². The van der Waals surface area contributed by atoms with Gasteiger partial charge in [0.05, 0.1) is 12.6 Å². The van der Waals surface area contributed by atoms with Gasteiger partial charge in [-0.1, -0.05) is 30.3 Å². The average Bonchev–Trinajstić information content (AvgIpc) is 3.39. The Kier molecular flexibility index (Phi) is 5.55. The molecule has 2 aromatic heterocycles. The molecule has 1 amide bonds. The summed E-state index contributed by atoms with van der Waals surface area (Å²) in [5.74, 6) is 0.474. The van der Waals surface area contributed by atoms with Gasteiger partial charge >= 0.3 is 0 Å². The van der Waals surface area contributed by atoms with Crippen LogP contribution < -0.4 is 5.56 Å². The number of imidazole rings is 1. The number of aryl methyl sites for hydroxylation is 2. The molecule has 1 saturated heterocycles. The second-order valence-electron chi connectivity index (χ2n) is 7.87. The van der Waals surface area contributed by atoms with E-state index in [9.17, 15) is 14.7 Å². The van der Waals surface area contributed by atoms with E-state index in [1.165, 1.54) is 4.57 Å². The lowest BCUT2D eigenvalue weighted by molar-refractivity contribution is 0.0672. The summed E-state index contributed by atoms with van der Waals surface area (Å²) in [6.45, 7) is 2.92. The Balaban J connectivity index is 1.77. The van der Waals surface area contributed by atoms with Gasteiger partial charge in [0.1, 0.15) is 11.5 Å². The molecule has 30 heavy (non-hydrogen) atoms. The number of carbonyl (C=O) groups is 1. The summed E-state index contributed by atoms with van der Waals surface area (Å²) in [5.41, 5.74) is 2.79. The van der Waals surface area contributed by atoms with Crippen molar-refractivity contribution in [3.8, 4) is 11.4 Å². The minimum atomic E-state index is -0.166. The predicted molar refractivity (Wildman–Crippen MR) is 114 cm³/mol. The summed E-state index contributed by atoms with van der Waals surface area (Å²) in [6, 6.07) is 11.6. The van der Waals surface area contributed by atoms with Crippen LogP contribution in [-0.2, 0) is 13.6 Å². The number of hydrogen-bond donors (Lipinski definition) is 1. The number of pyridine rings is 1. The number of carbonyl (C=O) groups excluding carboxylic acids is 1. The third-order valence-corrected chi connectivity index (χ3v) is 5.66. The molecule has 0 spiro atoms. The van der Waals surface area contributed by atoms with Gasteiger partial charge in [0.25, 0.3) is 11.5 Å². The van der Waals surface area contributed by atoms with Crippen molar-refractivity contribution in [3.05, 3.63) is 76.0 Å². The number of rotatable bonds is 5. The van der Waals surface area contributed by atoms with Crippen molar-refractivity contribution in [3.63, 3.8) is 0 Å². The first-order chi connectivity index (χ1) is 14.5.